The van der Waals surface area contributed by atoms with Gasteiger partial charge in [-0.15, -0.1) is 0 Å². The van der Waals surface area contributed by atoms with Crippen molar-refractivity contribution >= 4 is 45.4 Å². The number of nitrogens with one attached hydrogen (secondary N) is 2. The Morgan fingerprint density at radius 1 is 1.30 bits per heavy atom. The number of aryl methyl sites for hydroxylation is 1. The molecule has 2 N–H and O–H groups in total. The molecule has 0 saturated carbocycles. The first-order valence-electron chi connectivity index (χ1n) is 9.26. The van der Waals surface area contributed by atoms with Crippen LogP contribution in [0, 0.1) is 6.92 Å². The number of hydrogen-bond acceptors (Lipinski definition) is 10. The van der Waals surface area contributed by atoms with Crippen molar-refractivity contribution in [1.82, 2.24) is 25.1 Å². The highest BCUT2D eigenvalue weighted by atomic mass is 35.5. The second kappa shape index (κ2) is 9.79. The molecule has 0 radical (unpaired) electrons. The summed E-state index contributed by atoms with van der Waals surface area (Å²) in [5, 5.41) is 7.26. The van der Waals surface area contributed by atoms with E-state index in [1.807, 2.05) is 0 Å². The van der Waals surface area contributed by atoms with Crippen molar-refractivity contribution in [2.75, 3.05) is 23.3 Å². The summed E-state index contributed by atoms with van der Waals surface area (Å²) in [7, 11) is -3.44. The normalized spacial score (nSPS) is 11.0. The molecule has 0 atom stereocenters. The second-order valence-electron chi connectivity index (χ2n) is 6.22. The Kier molecular flexibility index (Phi) is 7.08. The summed E-state index contributed by atoms with van der Waals surface area (Å²) in [6, 6.07) is 3.07. The number of anilines is 2. The zero-order chi connectivity index (χ0) is 24.2. The van der Waals surface area contributed by atoms with Gasteiger partial charge in [0.1, 0.15) is 5.56 Å². The molecule has 3 aromatic heterocycles. The van der Waals surface area contributed by atoms with Crippen LogP contribution in [0.4, 0.5) is 16.6 Å². The quantitative estimate of drug-likeness (QED) is 0.463. The predicted molar refractivity (Wildman–Crippen MR) is 116 cm³/mol. The fourth-order valence-electron chi connectivity index (χ4n) is 2.61. The van der Waals surface area contributed by atoms with Gasteiger partial charge in [0, 0.05) is 18.0 Å². The van der Waals surface area contributed by atoms with Crippen LogP contribution in [-0.4, -0.2) is 59.3 Å². The highest BCUT2D eigenvalue weighted by molar-refractivity contribution is 7.93. The number of methoxy groups -OCH3 is 1. The molecule has 3 heterocycles. The number of H-pyrrole nitrogens is 1. The number of nitrogens with zero attached hydrogens (tertiary/aromatic N) is 5. The number of aromatic amines is 1. The van der Waals surface area contributed by atoms with Crippen molar-refractivity contribution in [2.45, 2.75) is 18.9 Å². The van der Waals surface area contributed by atoms with E-state index in [1.54, 1.807) is 13.8 Å². The molecule has 0 spiro atoms. The molecule has 3 aromatic rings. The Morgan fingerprint density at radius 3 is 2.73 bits per heavy atom. The highest BCUT2D eigenvalue weighted by Crippen LogP contribution is 2.29. The van der Waals surface area contributed by atoms with E-state index in [1.165, 1.54) is 31.5 Å². The highest BCUT2D eigenvalue weighted by Gasteiger charge is 2.38. The molecular weight excluding hydrogens is 478 g/mol. The van der Waals surface area contributed by atoms with E-state index in [2.05, 4.69) is 30.5 Å². The van der Waals surface area contributed by atoms with Crippen molar-refractivity contribution in [1.29, 1.82) is 0 Å². The van der Waals surface area contributed by atoms with E-state index >= 15 is 0 Å². The SMILES string of the molecule is CCOC(=O)c1cn[nH]c1S(=O)(=O)N(C(=O)Nc1nc(C)cc(OC)n1)c1ncccc1Cl. The molecule has 13 nitrogen and oxygen atoms in total. The van der Waals surface area contributed by atoms with Crippen molar-refractivity contribution in [3.63, 3.8) is 0 Å². The lowest BCUT2D eigenvalue weighted by atomic mass is 10.4. The Bertz CT molecular complexity index is 1300. The van der Waals surface area contributed by atoms with Gasteiger partial charge in [-0.2, -0.15) is 22.8 Å². The van der Waals surface area contributed by atoms with Crippen LogP contribution in [0.25, 0.3) is 0 Å². The fraction of sp³-hybridized carbons (Fsp3) is 0.222. The topological polar surface area (TPSA) is 169 Å². The molecule has 0 saturated heterocycles. The van der Waals surface area contributed by atoms with Crippen LogP contribution in [0.5, 0.6) is 5.88 Å². The Balaban J connectivity index is 2.11. The number of sulfonamides is 1. The summed E-state index contributed by atoms with van der Waals surface area (Å²) in [6.07, 6.45) is 2.21. The molecule has 3 rings (SSSR count). The van der Waals surface area contributed by atoms with Crippen LogP contribution in [-0.2, 0) is 14.8 Å². The van der Waals surface area contributed by atoms with Crippen molar-refractivity contribution in [2.24, 2.45) is 0 Å². The van der Waals surface area contributed by atoms with Crippen LogP contribution in [0.2, 0.25) is 5.02 Å². The lowest BCUT2D eigenvalue weighted by Crippen LogP contribution is -2.42. The number of aromatic nitrogens is 5. The molecule has 2 amide bonds. The molecule has 33 heavy (non-hydrogen) atoms. The predicted octanol–water partition coefficient (Wildman–Crippen LogP) is 2.17. The number of amides is 2. The summed E-state index contributed by atoms with van der Waals surface area (Å²) in [6.45, 7) is 3.17. The molecule has 0 fully saturated rings. The van der Waals surface area contributed by atoms with Gasteiger partial charge < -0.3 is 9.47 Å². The standard InChI is InChI=1S/C18H18ClN7O6S/c1-4-32-16(27)11-9-21-25-15(11)33(29,30)26(14-12(19)6-5-7-20-14)18(28)24-17-22-10(2)8-13(23-17)31-3/h5-9H,4H2,1-3H3,(H,21,25)(H,22,23,24,28). The van der Waals surface area contributed by atoms with E-state index in [4.69, 9.17) is 21.1 Å². The molecule has 0 unspecified atom stereocenters. The molecular formula is C18H18ClN7O6S. The molecule has 15 heteroatoms. The van der Waals surface area contributed by atoms with Gasteiger partial charge in [-0.25, -0.2) is 19.6 Å². The van der Waals surface area contributed by atoms with Crippen molar-refractivity contribution < 1.29 is 27.5 Å². The first kappa shape index (κ1) is 23.9. The summed E-state index contributed by atoms with van der Waals surface area (Å²) < 4.78 is 37.2. The number of carbonyl (C=O) groups is 2. The van der Waals surface area contributed by atoms with Gasteiger partial charge in [0.2, 0.25) is 11.8 Å². The maximum atomic E-state index is 13.5. The van der Waals surface area contributed by atoms with Crippen LogP contribution in [0.1, 0.15) is 23.0 Å². The van der Waals surface area contributed by atoms with Crippen LogP contribution < -0.4 is 14.4 Å². The smallest absolute Gasteiger partial charge is 0.344 e. The summed E-state index contributed by atoms with van der Waals surface area (Å²) >= 11 is 6.14. The molecule has 0 aliphatic carbocycles. The summed E-state index contributed by atoms with van der Waals surface area (Å²) in [4.78, 5) is 37.3. The number of ether oxygens (including phenoxy) is 2. The van der Waals surface area contributed by atoms with Gasteiger partial charge in [-0.05, 0) is 26.0 Å². The third-order valence-corrected chi connectivity index (χ3v) is 5.91. The van der Waals surface area contributed by atoms with E-state index in [0.29, 0.717) is 5.69 Å². The van der Waals surface area contributed by atoms with E-state index in [9.17, 15) is 18.0 Å². The average molecular weight is 496 g/mol. The number of halogens is 1. The van der Waals surface area contributed by atoms with Crippen LogP contribution in [0.3, 0.4) is 0 Å². The largest absolute Gasteiger partial charge is 0.481 e. The van der Waals surface area contributed by atoms with E-state index in [-0.39, 0.29) is 27.8 Å². The first-order valence-corrected chi connectivity index (χ1v) is 11.1. The minimum absolute atomic E-state index is 0.00764. The van der Waals surface area contributed by atoms with E-state index in [0.717, 1.165) is 6.20 Å². The lowest BCUT2D eigenvalue weighted by Gasteiger charge is -2.22. The maximum Gasteiger partial charge on any atom is 0.344 e. The van der Waals surface area contributed by atoms with Gasteiger partial charge >= 0.3 is 12.0 Å². The molecule has 0 aliphatic rings. The first-order chi connectivity index (χ1) is 15.7. The molecule has 0 aromatic carbocycles. The Labute approximate surface area is 193 Å². The van der Waals surface area contributed by atoms with Crippen LogP contribution >= 0.6 is 11.6 Å². The third-order valence-electron chi connectivity index (χ3n) is 3.97. The van der Waals surface area contributed by atoms with Gasteiger partial charge in [0.25, 0.3) is 10.0 Å². The van der Waals surface area contributed by atoms with Gasteiger partial charge in [0.15, 0.2) is 10.8 Å². The average Bonchev–Trinajstić information content (AvgIpc) is 3.26. The number of hydrogen-bond donors (Lipinski definition) is 2. The minimum atomic E-state index is -4.80. The monoisotopic (exact) mass is 495 g/mol. The van der Waals surface area contributed by atoms with E-state index < -0.39 is 38.4 Å². The van der Waals surface area contributed by atoms with Crippen LogP contribution in [0.15, 0.2) is 35.6 Å². The number of esters is 1. The minimum Gasteiger partial charge on any atom is -0.481 e. The number of urea groups is 1. The Hall–Kier alpha value is -3.78. The van der Waals surface area contributed by atoms with Gasteiger partial charge in [-0.3, -0.25) is 10.4 Å². The number of pyridine rings is 1. The number of carbonyl (C=O) groups excluding carboxylic acids is 2. The number of rotatable bonds is 7. The molecule has 0 aliphatic heterocycles. The molecule has 0 bridgehead atoms. The molecule has 174 valence electrons. The lowest BCUT2D eigenvalue weighted by molar-refractivity contribution is 0.0521. The van der Waals surface area contributed by atoms with Crippen molar-refractivity contribution in [3.05, 3.63) is 46.9 Å². The summed E-state index contributed by atoms with van der Waals surface area (Å²) in [5.74, 6) is -1.48. The second-order valence-corrected chi connectivity index (χ2v) is 8.35. The Morgan fingerprint density at radius 2 is 2.06 bits per heavy atom. The summed E-state index contributed by atoms with van der Waals surface area (Å²) in [5.41, 5.74) is 0.0377. The zero-order valence-electron chi connectivity index (χ0n) is 17.6. The maximum absolute atomic E-state index is 13.5. The zero-order valence-corrected chi connectivity index (χ0v) is 19.1. The van der Waals surface area contributed by atoms with Gasteiger partial charge in [0.05, 0.1) is 24.9 Å². The van der Waals surface area contributed by atoms with Crippen molar-refractivity contribution in [3.8, 4) is 5.88 Å². The fourth-order valence-corrected chi connectivity index (χ4v) is 4.27. The third kappa shape index (κ3) is 5.01. The van der Waals surface area contributed by atoms with Gasteiger partial charge in [-0.1, -0.05) is 11.6 Å².